The molecule has 5 nitrogen and oxygen atoms in total. The zero-order valence-corrected chi connectivity index (χ0v) is 9.99. The first-order valence-corrected chi connectivity index (χ1v) is 5.27. The highest BCUT2D eigenvalue weighted by Crippen LogP contribution is 2.13. The Kier molecular flexibility index (Phi) is 3.20. The number of rotatable bonds is 2. The number of aromatic amines is 1. The summed E-state index contributed by atoms with van der Waals surface area (Å²) < 4.78 is 18.9. The Hall–Kier alpha value is -2.08. The molecular weight excluding hydrogens is 263 g/mol. The average molecular weight is 271 g/mol. The third-order valence-corrected chi connectivity index (χ3v) is 2.59. The summed E-state index contributed by atoms with van der Waals surface area (Å²) in [5.74, 6) is -0.648. The normalized spacial score (nSPS) is 10.4. The van der Waals surface area contributed by atoms with E-state index in [0.717, 1.165) is 0 Å². The van der Waals surface area contributed by atoms with Gasteiger partial charge in [0.15, 0.2) is 5.15 Å². The van der Waals surface area contributed by atoms with E-state index >= 15 is 0 Å². The van der Waals surface area contributed by atoms with Gasteiger partial charge in [0.25, 0.3) is 5.56 Å². The van der Waals surface area contributed by atoms with E-state index in [1.807, 2.05) is 4.98 Å². The minimum absolute atomic E-state index is 0.220. The van der Waals surface area contributed by atoms with E-state index in [4.69, 9.17) is 16.3 Å². The van der Waals surface area contributed by atoms with Crippen LogP contribution >= 0.6 is 11.6 Å². The lowest BCUT2D eigenvalue weighted by Crippen LogP contribution is -2.35. The largest absolute Gasteiger partial charge is 0.497 e. The second-order valence-corrected chi connectivity index (χ2v) is 3.77. The molecular formula is C11H8ClFN2O3. The van der Waals surface area contributed by atoms with Crippen molar-refractivity contribution in [2.75, 3.05) is 7.11 Å². The number of H-pyrrole nitrogens is 1. The molecule has 18 heavy (non-hydrogen) atoms. The molecule has 1 N–H and O–H groups in total. The number of ether oxygens (including phenoxy) is 1. The molecule has 0 aliphatic carbocycles. The molecule has 0 aliphatic rings. The summed E-state index contributed by atoms with van der Waals surface area (Å²) in [5, 5.41) is -0.602. The van der Waals surface area contributed by atoms with Crippen LogP contribution in [-0.2, 0) is 0 Å². The fourth-order valence-electron chi connectivity index (χ4n) is 1.45. The van der Waals surface area contributed by atoms with Crippen molar-refractivity contribution in [1.29, 1.82) is 0 Å². The third-order valence-electron chi connectivity index (χ3n) is 2.33. The van der Waals surface area contributed by atoms with Crippen LogP contribution in [0.25, 0.3) is 5.69 Å². The van der Waals surface area contributed by atoms with Gasteiger partial charge in [-0.15, -0.1) is 0 Å². The van der Waals surface area contributed by atoms with Crippen LogP contribution < -0.4 is 16.0 Å². The van der Waals surface area contributed by atoms with Crippen LogP contribution in [0.1, 0.15) is 0 Å². The molecule has 94 valence electrons. The van der Waals surface area contributed by atoms with Gasteiger partial charge in [0.05, 0.1) is 12.8 Å². The summed E-state index contributed by atoms with van der Waals surface area (Å²) in [6.07, 6.45) is 0. The number of benzene rings is 1. The van der Waals surface area contributed by atoms with Gasteiger partial charge in [-0.1, -0.05) is 11.6 Å². The van der Waals surface area contributed by atoms with Gasteiger partial charge >= 0.3 is 5.69 Å². The van der Waals surface area contributed by atoms with Crippen LogP contribution in [0.15, 0.2) is 33.9 Å². The topological polar surface area (TPSA) is 64.1 Å². The van der Waals surface area contributed by atoms with E-state index < -0.39 is 22.2 Å². The number of halogens is 2. The predicted molar refractivity (Wildman–Crippen MR) is 64.2 cm³/mol. The van der Waals surface area contributed by atoms with Crippen molar-refractivity contribution in [3.05, 3.63) is 56.1 Å². The van der Waals surface area contributed by atoms with Crippen LogP contribution in [0.4, 0.5) is 4.39 Å². The Labute approximate surface area is 105 Å². The molecule has 0 saturated heterocycles. The fraction of sp³-hybridized carbons (Fsp3) is 0.0909. The lowest BCUT2D eigenvalue weighted by Gasteiger charge is -2.06. The van der Waals surface area contributed by atoms with E-state index in [1.54, 1.807) is 12.1 Å². The standard InChI is InChI=1S/C11H8ClFN2O3/c1-18-7-4-2-6(3-5-7)15-10(16)8(13)9(12)14-11(15)17/h2-5H,1H3,(H,14,17). The molecule has 2 aromatic rings. The lowest BCUT2D eigenvalue weighted by molar-refractivity contribution is 0.414. The maximum absolute atomic E-state index is 13.3. The minimum atomic E-state index is -1.20. The summed E-state index contributed by atoms with van der Waals surface area (Å²) in [5.41, 5.74) is -1.69. The predicted octanol–water partition coefficient (Wildman–Crippen LogP) is 1.33. The maximum Gasteiger partial charge on any atom is 0.334 e. The van der Waals surface area contributed by atoms with Gasteiger partial charge in [-0.2, -0.15) is 4.39 Å². The van der Waals surface area contributed by atoms with E-state index in [9.17, 15) is 14.0 Å². The van der Waals surface area contributed by atoms with Crippen molar-refractivity contribution in [2.45, 2.75) is 0 Å². The van der Waals surface area contributed by atoms with Crippen molar-refractivity contribution < 1.29 is 9.13 Å². The number of nitrogens with zero attached hydrogens (tertiary/aromatic N) is 1. The number of methoxy groups -OCH3 is 1. The van der Waals surface area contributed by atoms with Crippen molar-refractivity contribution in [2.24, 2.45) is 0 Å². The van der Waals surface area contributed by atoms with Crippen LogP contribution in [-0.4, -0.2) is 16.7 Å². The van der Waals surface area contributed by atoms with Crippen LogP contribution in [0.2, 0.25) is 5.15 Å². The summed E-state index contributed by atoms with van der Waals surface area (Å²) in [6, 6.07) is 6.02. The molecule has 0 saturated carbocycles. The van der Waals surface area contributed by atoms with E-state index in [-0.39, 0.29) is 5.69 Å². The molecule has 2 rings (SSSR count). The first kappa shape index (κ1) is 12.4. The molecule has 0 unspecified atom stereocenters. The van der Waals surface area contributed by atoms with E-state index in [0.29, 0.717) is 10.3 Å². The van der Waals surface area contributed by atoms with Gasteiger partial charge in [-0.25, -0.2) is 9.36 Å². The highest BCUT2D eigenvalue weighted by atomic mass is 35.5. The van der Waals surface area contributed by atoms with E-state index in [2.05, 4.69) is 0 Å². The Morgan fingerprint density at radius 1 is 1.28 bits per heavy atom. The highest BCUT2D eigenvalue weighted by molar-refractivity contribution is 6.29. The fourth-order valence-corrected chi connectivity index (χ4v) is 1.62. The number of nitrogens with one attached hydrogen (secondary N) is 1. The van der Waals surface area contributed by atoms with Gasteiger partial charge in [-0.3, -0.25) is 9.78 Å². The first-order chi connectivity index (χ1) is 8.54. The maximum atomic E-state index is 13.3. The van der Waals surface area contributed by atoms with Crippen molar-refractivity contribution in [3.63, 3.8) is 0 Å². The SMILES string of the molecule is COc1ccc(-n2c(=O)[nH]c(Cl)c(F)c2=O)cc1. The molecule has 1 aromatic carbocycles. The van der Waals surface area contributed by atoms with Crippen molar-refractivity contribution >= 4 is 11.6 Å². The summed E-state index contributed by atoms with van der Waals surface area (Å²) in [4.78, 5) is 25.3. The zero-order chi connectivity index (χ0) is 13.3. The first-order valence-electron chi connectivity index (χ1n) is 4.89. The molecule has 1 aromatic heterocycles. The molecule has 0 fully saturated rings. The van der Waals surface area contributed by atoms with Gasteiger partial charge in [-0.05, 0) is 24.3 Å². The molecule has 0 atom stereocenters. The Balaban J connectivity index is 2.67. The lowest BCUT2D eigenvalue weighted by atomic mass is 10.3. The van der Waals surface area contributed by atoms with Crippen LogP contribution in [0, 0.1) is 5.82 Å². The Bertz CT molecular complexity index is 691. The summed E-state index contributed by atoms with van der Waals surface area (Å²) in [6.45, 7) is 0. The monoisotopic (exact) mass is 270 g/mol. The molecule has 0 amide bonds. The van der Waals surface area contributed by atoms with Gasteiger partial charge < -0.3 is 4.74 Å². The quantitative estimate of drug-likeness (QED) is 0.837. The molecule has 0 spiro atoms. The summed E-state index contributed by atoms with van der Waals surface area (Å²) >= 11 is 5.36. The second kappa shape index (κ2) is 4.66. The van der Waals surface area contributed by atoms with Crippen molar-refractivity contribution in [3.8, 4) is 11.4 Å². The number of hydrogen-bond donors (Lipinski definition) is 1. The molecule has 0 radical (unpaired) electrons. The number of hydrogen-bond acceptors (Lipinski definition) is 3. The molecule has 0 bridgehead atoms. The smallest absolute Gasteiger partial charge is 0.334 e. The minimum Gasteiger partial charge on any atom is -0.497 e. The van der Waals surface area contributed by atoms with Gasteiger partial charge in [0.2, 0.25) is 5.82 Å². The molecule has 0 aliphatic heterocycles. The average Bonchev–Trinajstić information content (AvgIpc) is 2.37. The Morgan fingerprint density at radius 3 is 2.44 bits per heavy atom. The van der Waals surface area contributed by atoms with Gasteiger partial charge in [0, 0.05) is 0 Å². The second-order valence-electron chi connectivity index (χ2n) is 3.40. The highest BCUT2D eigenvalue weighted by Gasteiger charge is 2.13. The molecule has 7 heteroatoms. The third kappa shape index (κ3) is 2.02. The van der Waals surface area contributed by atoms with E-state index in [1.165, 1.54) is 19.2 Å². The van der Waals surface area contributed by atoms with Crippen molar-refractivity contribution in [1.82, 2.24) is 9.55 Å². The summed E-state index contributed by atoms with van der Waals surface area (Å²) in [7, 11) is 1.48. The number of aromatic nitrogens is 2. The zero-order valence-electron chi connectivity index (χ0n) is 9.24. The van der Waals surface area contributed by atoms with Gasteiger partial charge in [0.1, 0.15) is 5.75 Å². The molecule has 1 heterocycles. The van der Waals surface area contributed by atoms with Crippen LogP contribution in [0.3, 0.4) is 0 Å². The Morgan fingerprint density at radius 2 is 1.89 bits per heavy atom. The van der Waals surface area contributed by atoms with Crippen LogP contribution in [0.5, 0.6) is 5.75 Å².